The second-order valence-corrected chi connectivity index (χ2v) is 5.33. The van der Waals surface area contributed by atoms with Crippen LogP contribution in [-0.4, -0.2) is 38.6 Å². The van der Waals surface area contributed by atoms with Crippen LogP contribution < -0.4 is 9.64 Å². The van der Waals surface area contributed by atoms with E-state index in [0.29, 0.717) is 18.9 Å². The average Bonchev–Trinajstić information content (AvgIpc) is 3.13. The first-order chi connectivity index (χ1) is 12.1. The smallest absolute Gasteiger partial charge is 0.387 e. The van der Waals surface area contributed by atoms with Gasteiger partial charge < -0.3 is 19.1 Å². The largest absolute Gasteiger partial charge is 0.435 e. The summed E-state index contributed by atoms with van der Waals surface area (Å²) in [5.41, 5.74) is 0.895. The lowest BCUT2D eigenvalue weighted by molar-refractivity contribution is -0.0498. The van der Waals surface area contributed by atoms with E-state index in [4.69, 9.17) is 9.47 Å². The highest BCUT2D eigenvalue weighted by atomic mass is 19.3. The number of benzene rings is 2. The number of hydrogen-bond acceptors (Lipinski definition) is 4. The minimum Gasteiger partial charge on any atom is -0.435 e. The number of rotatable bonds is 6. The Morgan fingerprint density at radius 3 is 2.52 bits per heavy atom. The van der Waals surface area contributed by atoms with Crippen molar-refractivity contribution in [3.8, 4) is 5.75 Å². The molecule has 1 aliphatic rings. The van der Waals surface area contributed by atoms with E-state index in [0.717, 1.165) is 0 Å². The monoisotopic (exact) mass is 349 g/mol. The van der Waals surface area contributed by atoms with E-state index in [-0.39, 0.29) is 23.8 Å². The number of anilines is 1. The summed E-state index contributed by atoms with van der Waals surface area (Å²) >= 11 is 0. The molecule has 2 aromatic rings. The van der Waals surface area contributed by atoms with Gasteiger partial charge in [-0.15, -0.1) is 0 Å². The lowest BCUT2D eigenvalue weighted by Gasteiger charge is -2.25. The predicted octanol–water partition coefficient (Wildman–Crippen LogP) is 3.31. The molecule has 1 amide bonds. The van der Waals surface area contributed by atoms with Crippen LogP contribution in [0, 0.1) is 0 Å². The van der Waals surface area contributed by atoms with Crippen LogP contribution in [-0.2, 0) is 9.47 Å². The minimum absolute atomic E-state index is 0.0674. The van der Waals surface area contributed by atoms with Crippen LogP contribution >= 0.6 is 0 Å². The van der Waals surface area contributed by atoms with Crippen molar-refractivity contribution in [3.05, 3.63) is 60.2 Å². The topological polar surface area (TPSA) is 48.0 Å². The van der Waals surface area contributed by atoms with Gasteiger partial charge in [0, 0.05) is 11.3 Å². The van der Waals surface area contributed by atoms with Gasteiger partial charge in [-0.3, -0.25) is 4.79 Å². The van der Waals surface area contributed by atoms with Crippen molar-refractivity contribution in [2.75, 3.05) is 24.7 Å². The second-order valence-electron chi connectivity index (χ2n) is 5.33. The zero-order valence-corrected chi connectivity index (χ0v) is 13.3. The first kappa shape index (κ1) is 17.3. The summed E-state index contributed by atoms with van der Waals surface area (Å²) < 4.78 is 40.0. The van der Waals surface area contributed by atoms with Crippen molar-refractivity contribution in [1.29, 1.82) is 0 Å². The molecule has 1 heterocycles. The molecule has 2 aromatic carbocycles. The van der Waals surface area contributed by atoms with Crippen molar-refractivity contribution < 1.29 is 27.8 Å². The number of carbonyl (C=O) groups is 1. The molecule has 3 rings (SSSR count). The fourth-order valence-electron chi connectivity index (χ4n) is 2.54. The molecule has 5 nitrogen and oxygen atoms in total. The molecule has 1 aliphatic heterocycles. The van der Waals surface area contributed by atoms with Crippen LogP contribution in [0.1, 0.15) is 10.4 Å². The number of halogens is 2. The van der Waals surface area contributed by atoms with Crippen molar-refractivity contribution in [2.24, 2.45) is 0 Å². The van der Waals surface area contributed by atoms with E-state index in [1.54, 1.807) is 18.2 Å². The summed E-state index contributed by atoms with van der Waals surface area (Å²) in [7, 11) is 0. The molecule has 0 N–H and O–H groups in total. The van der Waals surface area contributed by atoms with E-state index in [2.05, 4.69) is 4.74 Å². The lowest BCUT2D eigenvalue weighted by Crippen LogP contribution is -2.38. The molecule has 7 heteroatoms. The highest BCUT2D eigenvalue weighted by molar-refractivity contribution is 6.06. The maximum Gasteiger partial charge on any atom is 0.387 e. The van der Waals surface area contributed by atoms with E-state index in [1.807, 2.05) is 18.2 Å². The molecule has 0 aromatic heterocycles. The van der Waals surface area contributed by atoms with Crippen molar-refractivity contribution in [3.63, 3.8) is 0 Å². The molecule has 0 saturated carbocycles. The van der Waals surface area contributed by atoms with Crippen LogP contribution in [0.3, 0.4) is 0 Å². The minimum atomic E-state index is -2.95. The molecule has 0 aliphatic carbocycles. The van der Waals surface area contributed by atoms with Crippen LogP contribution in [0.15, 0.2) is 54.6 Å². The Morgan fingerprint density at radius 1 is 1.12 bits per heavy atom. The number of hydrogen-bond donors (Lipinski definition) is 0. The summed E-state index contributed by atoms with van der Waals surface area (Å²) in [6.07, 6.45) is -0.523. The second kappa shape index (κ2) is 8.04. The molecule has 0 spiro atoms. The Balaban J connectivity index is 1.85. The summed E-state index contributed by atoms with van der Waals surface area (Å²) in [5.74, 6) is -0.424. The Hall–Kier alpha value is -2.51. The van der Waals surface area contributed by atoms with Gasteiger partial charge in [-0.1, -0.05) is 24.3 Å². The van der Waals surface area contributed by atoms with Crippen LogP contribution in [0.4, 0.5) is 14.5 Å². The Labute approximate surface area is 143 Å². The molecule has 0 bridgehead atoms. The first-order valence-electron chi connectivity index (χ1n) is 7.78. The van der Waals surface area contributed by atoms with Gasteiger partial charge in [-0.2, -0.15) is 8.78 Å². The highest BCUT2D eigenvalue weighted by Crippen LogP contribution is 2.22. The van der Waals surface area contributed by atoms with Crippen LogP contribution in [0.2, 0.25) is 0 Å². The molecular formula is C18H17F2NO4. The van der Waals surface area contributed by atoms with E-state index in [9.17, 15) is 13.6 Å². The lowest BCUT2D eigenvalue weighted by atomic mass is 10.1. The predicted molar refractivity (Wildman–Crippen MR) is 86.9 cm³/mol. The number of carbonyl (C=O) groups excluding carboxylic acids is 1. The first-order valence-corrected chi connectivity index (χ1v) is 7.78. The van der Waals surface area contributed by atoms with E-state index >= 15 is 0 Å². The Kier molecular flexibility index (Phi) is 5.57. The summed E-state index contributed by atoms with van der Waals surface area (Å²) in [4.78, 5) is 14.4. The number of amides is 1. The summed E-state index contributed by atoms with van der Waals surface area (Å²) in [6.45, 7) is -1.81. The highest BCUT2D eigenvalue weighted by Gasteiger charge is 2.25. The molecule has 25 heavy (non-hydrogen) atoms. The van der Waals surface area contributed by atoms with Gasteiger partial charge in [-0.25, -0.2) is 0 Å². The third kappa shape index (κ3) is 4.52. The van der Waals surface area contributed by atoms with E-state index < -0.39 is 12.9 Å². The summed E-state index contributed by atoms with van der Waals surface area (Å²) in [5, 5.41) is 0. The molecule has 132 valence electrons. The molecule has 0 radical (unpaired) electrons. The van der Waals surface area contributed by atoms with Gasteiger partial charge in [0.2, 0.25) is 0 Å². The van der Waals surface area contributed by atoms with Gasteiger partial charge >= 0.3 is 6.61 Å². The van der Waals surface area contributed by atoms with Gasteiger partial charge in [0.25, 0.3) is 5.91 Å². The Morgan fingerprint density at radius 2 is 1.84 bits per heavy atom. The fourth-order valence-corrected chi connectivity index (χ4v) is 2.54. The molecule has 0 unspecified atom stereocenters. The third-order valence-electron chi connectivity index (χ3n) is 3.64. The van der Waals surface area contributed by atoms with Crippen molar-refractivity contribution >= 4 is 11.6 Å². The van der Waals surface area contributed by atoms with Gasteiger partial charge in [0.1, 0.15) is 5.75 Å². The fraction of sp³-hybridized carbons (Fsp3) is 0.278. The number of nitrogens with zero attached hydrogens (tertiary/aromatic N) is 1. The van der Waals surface area contributed by atoms with Gasteiger partial charge in [0.15, 0.2) is 6.29 Å². The molecule has 0 atom stereocenters. The quantitative estimate of drug-likeness (QED) is 0.803. The standard InChI is InChI=1S/C18H17F2NO4/c19-18(20)25-15-8-4-5-13(11-15)17(22)21(12-16-23-9-10-24-16)14-6-2-1-3-7-14/h1-8,11,16,18H,9-10,12H2. The van der Waals surface area contributed by atoms with Crippen molar-refractivity contribution in [1.82, 2.24) is 0 Å². The van der Waals surface area contributed by atoms with Gasteiger partial charge in [-0.05, 0) is 30.3 Å². The average molecular weight is 349 g/mol. The third-order valence-corrected chi connectivity index (χ3v) is 3.64. The number of ether oxygens (including phenoxy) is 3. The van der Waals surface area contributed by atoms with Crippen molar-refractivity contribution in [2.45, 2.75) is 12.9 Å². The Bertz CT molecular complexity index is 705. The number of alkyl halides is 2. The van der Waals surface area contributed by atoms with Gasteiger partial charge in [0.05, 0.1) is 19.8 Å². The maximum absolute atomic E-state index is 12.9. The molecule has 1 saturated heterocycles. The molecular weight excluding hydrogens is 332 g/mol. The SMILES string of the molecule is O=C(c1cccc(OC(F)F)c1)N(CC1OCCO1)c1ccccc1. The van der Waals surface area contributed by atoms with E-state index in [1.165, 1.54) is 23.1 Å². The summed E-state index contributed by atoms with van der Waals surface area (Å²) in [6, 6.07) is 14.7. The zero-order chi connectivity index (χ0) is 17.6. The zero-order valence-electron chi connectivity index (χ0n) is 13.3. The maximum atomic E-state index is 12.9. The normalized spacial score (nSPS) is 14.7. The van der Waals surface area contributed by atoms with Crippen LogP contribution in [0.25, 0.3) is 0 Å². The van der Waals surface area contributed by atoms with Crippen LogP contribution in [0.5, 0.6) is 5.75 Å². The number of para-hydroxylation sites is 1. The molecule has 1 fully saturated rings.